The van der Waals surface area contributed by atoms with Crippen LogP contribution in [-0.2, 0) is 34.5 Å². The van der Waals surface area contributed by atoms with Crippen LogP contribution in [0, 0.1) is 0 Å². The molecule has 0 atom stereocenters. The van der Waals surface area contributed by atoms with Gasteiger partial charge >= 0.3 is 0 Å². The van der Waals surface area contributed by atoms with Gasteiger partial charge in [-0.05, 0) is 19.6 Å². The van der Waals surface area contributed by atoms with E-state index in [2.05, 4.69) is 63.0 Å². The van der Waals surface area contributed by atoms with Gasteiger partial charge in [-0.1, -0.05) is 13.3 Å². The molecule has 0 unspecified atom stereocenters. The Morgan fingerprint density at radius 3 is 1.95 bits per heavy atom. The van der Waals surface area contributed by atoms with Gasteiger partial charge in [-0.25, -0.2) is 12.1 Å². The average Bonchev–Trinajstić information content (AvgIpc) is 2.99. The van der Waals surface area contributed by atoms with E-state index in [1.165, 1.54) is 11.1 Å². The summed E-state index contributed by atoms with van der Waals surface area (Å²) in [6.07, 6.45) is 1.16. The van der Waals surface area contributed by atoms with Crippen LogP contribution in [0.15, 0.2) is 48.5 Å². The van der Waals surface area contributed by atoms with Crippen LogP contribution in [-0.4, -0.2) is 8.32 Å². The van der Waals surface area contributed by atoms with Crippen LogP contribution >= 0.6 is 0 Å². The third-order valence-electron chi connectivity index (χ3n) is 2.54. The van der Waals surface area contributed by atoms with Crippen LogP contribution in [0.1, 0.15) is 18.1 Å². The van der Waals surface area contributed by atoms with Crippen molar-refractivity contribution in [2.24, 2.45) is 0 Å². The van der Waals surface area contributed by atoms with Crippen LogP contribution < -0.4 is 0 Å². The molecule has 1 nitrogen and oxygen atoms in total. The van der Waals surface area contributed by atoms with Gasteiger partial charge in [-0.3, -0.25) is 0 Å². The first-order valence-electron chi connectivity index (χ1n) is 6.56. The van der Waals surface area contributed by atoms with E-state index in [0.717, 1.165) is 13.0 Å². The molecule has 0 bridgehead atoms. The van der Waals surface area contributed by atoms with Crippen molar-refractivity contribution >= 4 is 8.32 Å². The van der Waals surface area contributed by atoms with Gasteiger partial charge in [0.15, 0.2) is 8.32 Å². The fourth-order valence-electron chi connectivity index (χ4n) is 1.46. The molecule has 0 heterocycles. The predicted octanol–water partition coefficient (Wildman–Crippen LogP) is 4.72. The Hall–Kier alpha value is -0.604. The molecule has 0 aliphatic carbocycles. The van der Waals surface area contributed by atoms with Crippen LogP contribution in [0.3, 0.4) is 0 Å². The zero-order chi connectivity index (χ0) is 13.4. The molecule has 0 amide bonds. The Morgan fingerprint density at radius 1 is 1.05 bits per heavy atom. The van der Waals surface area contributed by atoms with Gasteiger partial charge in [0.2, 0.25) is 0 Å². The summed E-state index contributed by atoms with van der Waals surface area (Å²) < 4.78 is 5.71. The number of hydrogen-bond donors (Lipinski definition) is 0. The Bertz CT molecular complexity index is 398. The molecule has 0 saturated heterocycles. The molecule has 19 heavy (non-hydrogen) atoms. The van der Waals surface area contributed by atoms with E-state index in [9.17, 15) is 0 Å². The Labute approximate surface area is 129 Å². The van der Waals surface area contributed by atoms with Crippen molar-refractivity contribution in [3.8, 4) is 0 Å². The summed E-state index contributed by atoms with van der Waals surface area (Å²) >= 11 is 0. The van der Waals surface area contributed by atoms with Gasteiger partial charge < -0.3 is 34.3 Å². The van der Waals surface area contributed by atoms with Crippen molar-refractivity contribution in [3.05, 3.63) is 59.7 Å². The van der Waals surface area contributed by atoms with Crippen LogP contribution in [0.2, 0.25) is 19.6 Å². The van der Waals surface area contributed by atoms with E-state index in [1.54, 1.807) is 0 Å². The Morgan fingerprint density at radius 2 is 1.58 bits per heavy atom. The molecule has 2 aromatic carbocycles. The number of rotatable bonds is 4. The minimum absolute atomic E-state index is 0. The molecule has 2 aromatic rings. The summed E-state index contributed by atoms with van der Waals surface area (Å²) in [6.45, 7) is 9.56. The standard InChI is InChI=1S/C9H15OSi.C7H9.Fe/c1-11(2,3)10-8-9-6-4-5-7-9;1-2-7-5-3-4-6-7;/h4-7H,8H2,1-3H3;3-6H,2H2,1H3;/q-5;-1;. The molecule has 0 aromatic heterocycles. The maximum atomic E-state index is 5.71. The van der Waals surface area contributed by atoms with E-state index in [-0.39, 0.29) is 17.1 Å². The van der Waals surface area contributed by atoms with Crippen molar-refractivity contribution < 1.29 is 21.5 Å². The third kappa shape index (κ3) is 9.01. The number of hydrogen-bond acceptors (Lipinski definition) is 1. The largest absolute Gasteiger partial charge is 0.747 e. The van der Waals surface area contributed by atoms with E-state index in [0.29, 0.717) is 0 Å². The molecule has 0 saturated carbocycles. The summed E-state index contributed by atoms with van der Waals surface area (Å²) in [5.74, 6) is 0. The fraction of sp³-hybridized carbons (Fsp3) is 0.375. The topological polar surface area (TPSA) is 9.23 Å². The molecular weight excluding hydrogens is 292 g/mol. The SMILES string of the molecule is CC[c-]1cccc1.C[Si](C)(C)OC[c-]1[cH-][cH-][cH-][cH-]1.[Fe]. The molecule has 0 aliphatic rings. The van der Waals surface area contributed by atoms with Gasteiger partial charge in [0.05, 0.1) is 0 Å². The second-order valence-corrected chi connectivity index (χ2v) is 9.85. The maximum Gasteiger partial charge on any atom is 0.179 e. The summed E-state index contributed by atoms with van der Waals surface area (Å²) in [5.41, 5.74) is 2.72. The zero-order valence-corrected chi connectivity index (χ0v) is 14.4. The van der Waals surface area contributed by atoms with Crippen LogP contribution in [0.5, 0.6) is 0 Å². The summed E-state index contributed by atoms with van der Waals surface area (Å²) in [6, 6.07) is 16.7. The molecule has 3 heteroatoms. The molecule has 0 radical (unpaired) electrons. The quantitative estimate of drug-likeness (QED) is 0.586. The van der Waals surface area contributed by atoms with E-state index < -0.39 is 8.32 Å². The molecular formula is C16H24FeOSi-6. The fourth-order valence-corrected chi connectivity index (χ4v) is 2.06. The van der Waals surface area contributed by atoms with Gasteiger partial charge in [0, 0.05) is 17.1 Å². The first kappa shape index (κ1) is 18.4. The first-order valence-corrected chi connectivity index (χ1v) is 9.97. The Balaban J connectivity index is 0.000000352. The monoisotopic (exact) mass is 316 g/mol. The zero-order valence-electron chi connectivity index (χ0n) is 12.3. The summed E-state index contributed by atoms with van der Waals surface area (Å²) in [7, 11) is -1.31. The number of aryl methyl sites for hydroxylation is 1. The second kappa shape index (κ2) is 9.32. The van der Waals surface area contributed by atoms with E-state index in [4.69, 9.17) is 4.43 Å². The first-order chi connectivity index (χ1) is 8.51. The average molecular weight is 316 g/mol. The van der Waals surface area contributed by atoms with Crippen molar-refractivity contribution in [2.45, 2.75) is 39.6 Å². The molecule has 0 N–H and O–H groups in total. The van der Waals surface area contributed by atoms with E-state index in [1.807, 2.05) is 12.1 Å². The Kier molecular flexibility index (Phi) is 9.03. The van der Waals surface area contributed by atoms with Crippen LogP contribution in [0.4, 0.5) is 0 Å². The smallest absolute Gasteiger partial charge is 0.179 e. The molecule has 2 rings (SSSR count). The third-order valence-corrected chi connectivity index (χ3v) is 3.55. The van der Waals surface area contributed by atoms with Crippen LogP contribution in [0.25, 0.3) is 0 Å². The summed E-state index contributed by atoms with van der Waals surface area (Å²) in [4.78, 5) is 0. The minimum atomic E-state index is -1.31. The normalized spacial score (nSPS) is 10.3. The molecule has 0 spiro atoms. The maximum absolute atomic E-state index is 5.71. The van der Waals surface area contributed by atoms with E-state index >= 15 is 0 Å². The second-order valence-electron chi connectivity index (χ2n) is 5.34. The van der Waals surface area contributed by atoms with Gasteiger partial charge in [0.1, 0.15) is 0 Å². The molecule has 0 fully saturated rings. The van der Waals surface area contributed by atoms with Crippen molar-refractivity contribution in [3.63, 3.8) is 0 Å². The van der Waals surface area contributed by atoms with Gasteiger partial charge in [-0.2, -0.15) is 17.7 Å². The minimum Gasteiger partial charge on any atom is -0.747 e. The van der Waals surface area contributed by atoms with Crippen molar-refractivity contribution in [1.82, 2.24) is 0 Å². The molecule has 112 valence electrons. The van der Waals surface area contributed by atoms with Crippen molar-refractivity contribution in [1.29, 1.82) is 0 Å². The van der Waals surface area contributed by atoms with Gasteiger partial charge in [0.25, 0.3) is 0 Å². The predicted molar refractivity (Wildman–Crippen MR) is 81.6 cm³/mol. The molecule has 0 aliphatic heterocycles. The summed E-state index contributed by atoms with van der Waals surface area (Å²) in [5, 5.41) is 0. The van der Waals surface area contributed by atoms with Gasteiger partial charge in [-0.15, -0.1) is 6.61 Å². The van der Waals surface area contributed by atoms with Crippen molar-refractivity contribution in [2.75, 3.05) is 0 Å².